The number of carboxylic acid groups (broad SMARTS) is 1. The molecule has 0 aliphatic carbocycles. The van der Waals surface area contributed by atoms with E-state index < -0.39 is 5.97 Å². The second-order valence-corrected chi connectivity index (χ2v) is 4.10. The number of carboxylic acids is 1. The number of nitrogens with one attached hydrogen (secondary N) is 1. The number of carbonyl (C=O) groups is 2. The third kappa shape index (κ3) is 3.87. The number of aryl methyl sites for hydroxylation is 2. The molecular weight excluding hydrogens is 230 g/mol. The number of hydrogen-bond donors (Lipinski definition) is 2. The Hall–Kier alpha value is -1.84. The molecule has 1 aromatic rings. The first-order chi connectivity index (χ1) is 8.58. The number of benzene rings is 1. The average Bonchev–Trinajstić information content (AvgIpc) is 2.36. The molecule has 2 N–H and O–H groups in total. The molecule has 18 heavy (non-hydrogen) atoms. The monoisotopic (exact) mass is 249 g/mol. The lowest BCUT2D eigenvalue weighted by atomic mass is 10.0. The highest BCUT2D eigenvalue weighted by Crippen LogP contribution is 2.22. The number of hydrogen-bond acceptors (Lipinski definition) is 2. The Morgan fingerprint density at radius 1 is 1.11 bits per heavy atom. The Morgan fingerprint density at radius 2 is 1.67 bits per heavy atom. The summed E-state index contributed by atoms with van der Waals surface area (Å²) in [7, 11) is 0. The quantitative estimate of drug-likeness (QED) is 0.814. The van der Waals surface area contributed by atoms with Crippen molar-refractivity contribution in [1.29, 1.82) is 0 Å². The second kappa shape index (κ2) is 6.79. The molecule has 1 amide bonds. The number of para-hydroxylation sites is 1. The van der Waals surface area contributed by atoms with Crippen LogP contribution < -0.4 is 5.32 Å². The molecule has 0 saturated heterocycles. The average molecular weight is 249 g/mol. The van der Waals surface area contributed by atoms with Gasteiger partial charge in [0.05, 0.1) is 6.42 Å². The van der Waals surface area contributed by atoms with E-state index in [-0.39, 0.29) is 18.7 Å². The minimum atomic E-state index is -0.954. The van der Waals surface area contributed by atoms with Gasteiger partial charge in [-0.2, -0.15) is 0 Å². The Bertz CT molecular complexity index is 418. The highest BCUT2D eigenvalue weighted by atomic mass is 16.4. The molecule has 0 saturated carbocycles. The molecule has 0 aromatic heterocycles. The van der Waals surface area contributed by atoms with Gasteiger partial charge in [-0.1, -0.05) is 32.0 Å². The van der Waals surface area contributed by atoms with Crippen LogP contribution in [0.2, 0.25) is 0 Å². The van der Waals surface area contributed by atoms with Crippen molar-refractivity contribution < 1.29 is 14.7 Å². The highest BCUT2D eigenvalue weighted by Gasteiger charge is 2.11. The summed E-state index contributed by atoms with van der Waals surface area (Å²) in [5.41, 5.74) is 3.01. The smallest absolute Gasteiger partial charge is 0.303 e. The molecular formula is C14H19NO3. The van der Waals surface area contributed by atoms with E-state index in [1.165, 1.54) is 0 Å². The summed E-state index contributed by atoms with van der Waals surface area (Å²) in [6.45, 7) is 4.06. The van der Waals surface area contributed by atoms with Gasteiger partial charge >= 0.3 is 5.97 Å². The molecule has 0 aliphatic heterocycles. The van der Waals surface area contributed by atoms with Crippen LogP contribution in [-0.2, 0) is 22.4 Å². The van der Waals surface area contributed by atoms with Crippen LogP contribution in [0.3, 0.4) is 0 Å². The van der Waals surface area contributed by atoms with Crippen molar-refractivity contribution >= 4 is 17.6 Å². The van der Waals surface area contributed by atoms with Crippen LogP contribution in [0.25, 0.3) is 0 Å². The van der Waals surface area contributed by atoms with Crippen LogP contribution in [0.4, 0.5) is 5.69 Å². The Morgan fingerprint density at radius 3 is 2.11 bits per heavy atom. The topological polar surface area (TPSA) is 66.4 Å². The molecule has 0 unspecified atom stereocenters. The number of anilines is 1. The molecule has 4 nitrogen and oxygen atoms in total. The summed E-state index contributed by atoms with van der Waals surface area (Å²) in [6, 6.07) is 5.93. The first-order valence-electron chi connectivity index (χ1n) is 6.20. The van der Waals surface area contributed by atoms with E-state index in [2.05, 4.69) is 5.32 Å². The van der Waals surface area contributed by atoms with Gasteiger partial charge in [-0.25, -0.2) is 0 Å². The van der Waals surface area contributed by atoms with Gasteiger partial charge in [0.1, 0.15) is 0 Å². The van der Waals surface area contributed by atoms with Gasteiger partial charge in [0, 0.05) is 12.1 Å². The SMILES string of the molecule is CCc1cccc(CC)c1NC(=O)CCC(=O)O. The van der Waals surface area contributed by atoms with Crippen LogP contribution in [0.5, 0.6) is 0 Å². The summed E-state index contributed by atoms with van der Waals surface area (Å²) < 4.78 is 0. The molecule has 0 heterocycles. The molecule has 0 radical (unpaired) electrons. The zero-order chi connectivity index (χ0) is 13.5. The lowest BCUT2D eigenvalue weighted by molar-refractivity contribution is -0.138. The van der Waals surface area contributed by atoms with E-state index in [9.17, 15) is 9.59 Å². The predicted molar refractivity (Wildman–Crippen MR) is 70.7 cm³/mol. The maximum Gasteiger partial charge on any atom is 0.303 e. The molecule has 0 fully saturated rings. The fourth-order valence-electron chi connectivity index (χ4n) is 1.83. The number of carbonyl (C=O) groups excluding carboxylic acids is 1. The number of aliphatic carboxylic acids is 1. The molecule has 0 bridgehead atoms. The lowest BCUT2D eigenvalue weighted by Gasteiger charge is -2.14. The molecule has 1 aromatic carbocycles. The summed E-state index contributed by atoms with van der Waals surface area (Å²) >= 11 is 0. The van der Waals surface area contributed by atoms with Crippen molar-refractivity contribution in [3.63, 3.8) is 0 Å². The lowest BCUT2D eigenvalue weighted by Crippen LogP contribution is -2.15. The van der Waals surface area contributed by atoms with E-state index in [0.717, 1.165) is 29.7 Å². The van der Waals surface area contributed by atoms with Gasteiger partial charge in [0.15, 0.2) is 0 Å². The van der Waals surface area contributed by atoms with Crippen molar-refractivity contribution in [2.24, 2.45) is 0 Å². The Labute approximate surface area is 107 Å². The standard InChI is InChI=1S/C14H19NO3/c1-3-10-6-5-7-11(4-2)14(10)15-12(16)8-9-13(17)18/h5-7H,3-4,8-9H2,1-2H3,(H,15,16)(H,17,18). The fraction of sp³-hybridized carbons (Fsp3) is 0.429. The fourth-order valence-corrected chi connectivity index (χ4v) is 1.83. The maximum atomic E-state index is 11.7. The summed E-state index contributed by atoms with van der Waals surface area (Å²) in [5.74, 6) is -1.20. The zero-order valence-electron chi connectivity index (χ0n) is 10.8. The van der Waals surface area contributed by atoms with E-state index in [4.69, 9.17) is 5.11 Å². The minimum Gasteiger partial charge on any atom is -0.481 e. The Balaban J connectivity index is 2.82. The summed E-state index contributed by atoms with van der Waals surface area (Å²) in [5, 5.41) is 11.4. The third-order valence-corrected chi connectivity index (χ3v) is 2.83. The van der Waals surface area contributed by atoms with Crippen molar-refractivity contribution in [2.75, 3.05) is 5.32 Å². The van der Waals surface area contributed by atoms with E-state index >= 15 is 0 Å². The van der Waals surface area contributed by atoms with Gasteiger partial charge in [0.25, 0.3) is 0 Å². The van der Waals surface area contributed by atoms with Crippen LogP contribution in [0.1, 0.15) is 37.8 Å². The van der Waals surface area contributed by atoms with Crippen LogP contribution in [0.15, 0.2) is 18.2 Å². The third-order valence-electron chi connectivity index (χ3n) is 2.83. The largest absolute Gasteiger partial charge is 0.481 e. The molecule has 0 spiro atoms. The molecule has 4 heteroatoms. The van der Waals surface area contributed by atoms with E-state index in [0.29, 0.717) is 0 Å². The van der Waals surface area contributed by atoms with Gasteiger partial charge in [-0.05, 0) is 24.0 Å². The highest BCUT2D eigenvalue weighted by molar-refractivity contribution is 5.93. The summed E-state index contributed by atoms with van der Waals surface area (Å²) in [4.78, 5) is 22.1. The van der Waals surface area contributed by atoms with Gasteiger partial charge in [-0.15, -0.1) is 0 Å². The molecule has 98 valence electrons. The number of rotatable bonds is 6. The van der Waals surface area contributed by atoms with Crippen molar-refractivity contribution in [3.8, 4) is 0 Å². The molecule has 0 atom stereocenters. The van der Waals surface area contributed by atoms with Crippen LogP contribution in [-0.4, -0.2) is 17.0 Å². The summed E-state index contributed by atoms with van der Waals surface area (Å²) in [6.07, 6.45) is 1.54. The van der Waals surface area contributed by atoms with Gasteiger partial charge < -0.3 is 10.4 Å². The minimum absolute atomic E-state index is 0.0105. The normalized spacial score (nSPS) is 10.1. The predicted octanol–water partition coefficient (Wildman–Crippen LogP) is 2.61. The van der Waals surface area contributed by atoms with Crippen LogP contribution in [0, 0.1) is 0 Å². The molecule has 1 rings (SSSR count). The first kappa shape index (κ1) is 14.2. The van der Waals surface area contributed by atoms with E-state index in [1.54, 1.807) is 0 Å². The van der Waals surface area contributed by atoms with Gasteiger partial charge in [-0.3, -0.25) is 9.59 Å². The van der Waals surface area contributed by atoms with Crippen molar-refractivity contribution in [2.45, 2.75) is 39.5 Å². The molecule has 0 aliphatic rings. The van der Waals surface area contributed by atoms with Crippen LogP contribution >= 0.6 is 0 Å². The maximum absolute atomic E-state index is 11.7. The first-order valence-corrected chi connectivity index (χ1v) is 6.20. The number of amides is 1. The van der Waals surface area contributed by atoms with Crippen molar-refractivity contribution in [3.05, 3.63) is 29.3 Å². The van der Waals surface area contributed by atoms with E-state index in [1.807, 2.05) is 32.0 Å². The van der Waals surface area contributed by atoms with Crippen molar-refractivity contribution in [1.82, 2.24) is 0 Å². The zero-order valence-corrected chi connectivity index (χ0v) is 10.8. The van der Waals surface area contributed by atoms with Gasteiger partial charge in [0.2, 0.25) is 5.91 Å². The second-order valence-electron chi connectivity index (χ2n) is 4.10. The Kier molecular flexibility index (Phi) is 5.36.